The van der Waals surface area contributed by atoms with E-state index >= 15 is 0 Å². The maximum atomic E-state index is 11.8. The van der Waals surface area contributed by atoms with Gasteiger partial charge in [-0.2, -0.15) is 0 Å². The average molecular weight is 304 g/mol. The van der Waals surface area contributed by atoms with Crippen LogP contribution in [-0.2, 0) is 16.0 Å². The van der Waals surface area contributed by atoms with Crippen LogP contribution in [0, 0.1) is 0 Å². The van der Waals surface area contributed by atoms with Gasteiger partial charge in [-0.05, 0) is 39.7 Å². The number of allylic oxidation sites excluding steroid dienone is 1. The second-order valence-electron chi connectivity index (χ2n) is 5.97. The Bertz CT molecular complexity index is 518. The van der Waals surface area contributed by atoms with Gasteiger partial charge in [-0.3, -0.25) is 4.79 Å². The first kappa shape index (κ1) is 17.8. The lowest BCUT2D eigenvalue weighted by Crippen LogP contribution is -2.45. The Hall–Kier alpha value is -2.30. The molecular weight excluding hydrogens is 280 g/mol. The molecular formula is C17H24N2O3. The number of nitrogens with one attached hydrogen (secondary N) is 2. The summed E-state index contributed by atoms with van der Waals surface area (Å²) in [4.78, 5) is 23.4. The van der Waals surface area contributed by atoms with Crippen LogP contribution in [0.15, 0.2) is 42.6 Å². The molecule has 0 saturated heterocycles. The summed E-state index contributed by atoms with van der Waals surface area (Å²) in [5.41, 5.74) is 0.573. The lowest BCUT2D eigenvalue weighted by molar-refractivity contribution is -0.121. The molecule has 0 unspecified atom stereocenters. The predicted molar refractivity (Wildman–Crippen MR) is 86.3 cm³/mol. The van der Waals surface area contributed by atoms with Crippen molar-refractivity contribution in [1.29, 1.82) is 0 Å². The molecule has 0 bridgehead atoms. The fourth-order valence-corrected chi connectivity index (χ4v) is 1.63. The van der Waals surface area contributed by atoms with E-state index in [0.717, 1.165) is 12.0 Å². The van der Waals surface area contributed by atoms with Gasteiger partial charge in [-0.15, -0.1) is 0 Å². The Morgan fingerprint density at radius 3 is 2.45 bits per heavy atom. The highest BCUT2D eigenvalue weighted by Crippen LogP contribution is 2.06. The van der Waals surface area contributed by atoms with Crippen LogP contribution < -0.4 is 10.6 Å². The molecule has 2 amide bonds. The Morgan fingerprint density at radius 1 is 1.23 bits per heavy atom. The standard InChI is InChI=1S/C17H24N2O3/c1-13(19-16(21)22-17(2,3)4)15(20)18-12-8-11-14-9-6-5-7-10-14/h5-10,12-13H,11H2,1-4H3,(H,18,20)(H,19,21)/b12-8+/t13-/m1/s1. The predicted octanol–water partition coefficient (Wildman–Crippen LogP) is 2.77. The zero-order valence-electron chi connectivity index (χ0n) is 13.6. The maximum Gasteiger partial charge on any atom is 0.408 e. The van der Waals surface area contributed by atoms with Crippen LogP contribution >= 0.6 is 0 Å². The van der Waals surface area contributed by atoms with Gasteiger partial charge >= 0.3 is 6.09 Å². The maximum absolute atomic E-state index is 11.8. The van der Waals surface area contributed by atoms with E-state index in [1.165, 1.54) is 0 Å². The van der Waals surface area contributed by atoms with Crippen molar-refractivity contribution in [3.05, 3.63) is 48.2 Å². The van der Waals surface area contributed by atoms with Crippen molar-refractivity contribution < 1.29 is 14.3 Å². The van der Waals surface area contributed by atoms with Crippen LogP contribution in [0.1, 0.15) is 33.3 Å². The molecule has 1 aromatic carbocycles. The molecule has 1 rings (SSSR count). The fraction of sp³-hybridized carbons (Fsp3) is 0.412. The van der Waals surface area contributed by atoms with Gasteiger partial charge in [0, 0.05) is 6.20 Å². The fourth-order valence-electron chi connectivity index (χ4n) is 1.63. The van der Waals surface area contributed by atoms with Crippen LogP contribution in [-0.4, -0.2) is 23.6 Å². The first-order valence-corrected chi connectivity index (χ1v) is 7.27. The average Bonchev–Trinajstić information content (AvgIpc) is 2.42. The summed E-state index contributed by atoms with van der Waals surface area (Å²) in [5, 5.41) is 5.12. The number of ether oxygens (including phenoxy) is 1. The number of benzene rings is 1. The van der Waals surface area contributed by atoms with Gasteiger partial charge in [0.15, 0.2) is 0 Å². The van der Waals surface area contributed by atoms with Gasteiger partial charge in [0.2, 0.25) is 5.91 Å². The summed E-state index contributed by atoms with van der Waals surface area (Å²) in [6, 6.07) is 9.25. The van der Waals surface area contributed by atoms with Gasteiger partial charge in [0.25, 0.3) is 0 Å². The molecule has 0 saturated carbocycles. The van der Waals surface area contributed by atoms with Crippen molar-refractivity contribution in [2.45, 2.75) is 45.8 Å². The van der Waals surface area contributed by atoms with Crippen molar-refractivity contribution in [1.82, 2.24) is 10.6 Å². The van der Waals surface area contributed by atoms with E-state index in [9.17, 15) is 9.59 Å². The van der Waals surface area contributed by atoms with E-state index in [4.69, 9.17) is 4.74 Å². The minimum absolute atomic E-state index is 0.296. The molecule has 0 spiro atoms. The summed E-state index contributed by atoms with van der Waals surface area (Å²) in [6.07, 6.45) is 3.56. The molecule has 5 heteroatoms. The SMILES string of the molecule is C[C@@H](NC(=O)OC(C)(C)C)C(=O)N/C=C/Cc1ccccc1. The number of hydrogen-bond donors (Lipinski definition) is 2. The van der Waals surface area contributed by atoms with E-state index in [2.05, 4.69) is 10.6 Å². The molecule has 1 aromatic rings. The molecule has 0 fully saturated rings. The molecule has 120 valence electrons. The first-order valence-electron chi connectivity index (χ1n) is 7.27. The van der Waals surface area contributed by atoms with Gasteiger partial charge in [0.05, 0.1) is 0 Å². The number of carbonyl (C=O) groups excluding carboxylic acids is 2. The molecule has 0 heterocycles. The number of hydrogen-bond acceptors (Lipinski definition) is 3. The van der Waals surface area contributed by atoms with E-state index in [0.29, 0.717) is 0 Å². The van der Waals surface area contributed by atoms with Gasteiger partial charge in [-0.1, -0.05) is 36.4 Å². The highest BCUT2D eigenvalue weighted by Gasteiger charge is 2.20. The summed E-state index contributed by atoms with van der Waals surface area (Å²) in [5.74, 6) is -0.296. The van der Waals surface area contributed by atoms with E-state index in [-0.39, 0.29) is 5.91 Å². The second kappa shape index (κ2) is 8.22. The van der Waals surface area contributed by atoms with E-state index in [1.807, 2.05) is 36.4 Å². The highest BCUT2D eigenvalue weighted by atomic mass is 16.6. The Labute approximate surface area is 131 Å². The van der Waals surface area contributed by atoms with E-state index < -0.39 is 17.7 Å². The lowest BCUT2D eigenvalue weighted by Gasteiger charge is -2.21. The number of amides is 2. The van der Waals surface area contributed by atoms with Gasteiger partial charge in [-0.25, -0.2) is 4.79 Å². The molecule has 0 aliphatic rings. The van der Waals surface area contributed by atoms with Crippen LogP contribution in [0.3, 0.4) is 0 Å². The second-order valence-corrected chi connectivity index (χ2v) is 5.97. The molecule has 5 nitrogen and oxygen atoms in total. The summed E-state index contributed by atoms with van der Waals surface area (Å²) in [7, 11) is 0. The van der Waals surface area contributed by atoms with Crippen LogP contribution in [0.25, 0.3) is 0 Å². The molecule has 0 aliphatic carbocycles. The zero-order chi connectivity index (χ0) is 16.6. The molecule has 0 radical (unpaired) electrons. The normalized spacial score (nSPS) is 12.7. The minimum atomic E-state index is -0.670. The highest BCUT2D eigenvalue weighted by molar-refractivity contribution is 5.85. The first-order chi connectivity index (χ1) is 10.3. The summed E-state index contributed by atoms with van der Waals surface area (Å²) in [6.45, 7) is 6.90. The largest absolute Gasteiger partial charge is 0.444 e. The topological polar surface area (TPSA) is 67.4 Å². The van der Waals surface area contributed by atoms with Crippen molar-refractivity contribution in [2.75, 3.05) is 0 Å². The van der Waals surface area contributed by atoms with Crippen LogP contribution in [0.4, 0.5) is 4.79 Å². The number of carbonyl (C=O) groups is 2. The molecule has 1 atom stereocenters. The molecule has 0 aliphatic heterocycles. The summed E-state index contributed by atoms with van der Waals surface area (Å²) < 4.78 is 5.09. The van der Waals surface area contributed by atoms with Crippen LogP contribution in [0.5, 0.6) is 0 Å². The van der Waals surface area contributed by atoms with Crippen molar-refractivity contribution in [3.63, 3.8) is 0 Å². The van der Waals surface area contributed by atoms with Crippen LogP contribution in [0.2, 0.25) is 0 Å². The minimum Gasteiger partial charge on any atom is -0.444 e. The molecule has 0 aromatic heterocycles. The third-order valence-corrected chi connectivity index (χ3v) is 2.67. The Balaban J connectivity index is 2.33. The monoisotopic (exact) mass is 304 g/mol. The Kier molecular flexibility index (Phi) is 6.63. The molecule has 22 heavy (non-hydrogen) atoms. The third-order valence-electron chi connectivity index (χ3n) is 2.67. The zero-order valence-corrected chi connectivity index (χ0v) is 13.6. The van der Waals surface area contributed by atoms with Gasteiger partial charge < -0.3 is 15.4 Å². The van der Waals surface area contributed by atoms with E-state index in [1.54, 1.807) is 33.9 Å². The Morgan fingerprint density at radius 2 is 1.86 bits per heavy atom. The summed E-state index contributed by atoms with van der Waals surface area (Å²) >= 11 is 0. The van der Waals surface area contributed by atoms with Crippen molar-refractivity contribution in [2.24, 2.45) is 0 Å². The number of alkyl carbamates (subject to hydrolysis) is 1. The quantitative estimate of drug-likeness (QED) is 0.879. The van der Waals surface area contributed by atoms with Crippen molar-refractivity contribution >= 4 is 12.0 Å². The lowest BCUT2D eigenvalue weighted by atomic mass is 10.1. The van der Waals surface area contributed by atoms with Gasteiger partial charge in [0.1, 0.15) is 11.6 Å². The third kappa shape index (κ3) is 7.47. The van der Waals surface area contributed by atoms with Crippen molar-refractivity contribution in [3.8, 4) is 0 Å². The molecule has 2 N–H and O–H groups in total. The number of rotatable bonds is 5. The smallest absolute Gasteiger partial charge is 0.408 e.